The van der Waals surface area contributed by atoms with E-state index in [1.165, 1.54) is 17.0 Å². The van der Waals surface area contributed by atoms with Gasteiger partial charge in [-0.05, 0) is 24.1 Å². The first-order valence-corrected chi connectivity index (χ1v) is 7.63. The van der Waals surface area contributed by atoms with Crippen LogP contribution < -0.4 is 9.64 Å². The van der Waals surface area contributed by atoms with Crippen molar-refractivity contribution in [2.45, 2.75) is 12.8 Å². The molecule has 0 aromatic heterocycles. The third-order valence-electron chi connectivity index (χ3n) is 2.86. The first kappa shape index (κ1) is 15.6. The van der Waals surface area contributed by atoms with E-state index in [0.29, 0.717) is 22.8 Å². The van der Waals surface area contributed by atoms with Crippen molar-refractivity contribution >= 4 is 43.5 Å². The number of carbonyl (C=O) groups is 1. The Bertz CT molecular complexity index is 522. The second-order valence-corrected chi connectivity index (χ2v) is 5.95. The summed E-state index contributed by atoms with van der Waals surface area (Å²) < 4.78 is 41.8. The topological polar surface area (TPSA) is 29.5 Å². The number of anilines is 1. The molecule has 0 N–H and O–H groups in total. The van der Waals surface area contributed by atoms with Crippen molar-refractivity contribution in [1.82, 2.24) is 0 Å². The molecule has 1 aromatic carbocycles. The Hall–Kier alpha value is -0.760. The Morgan fingerprint density at radius 3 is 2.65 bits per heavy atom. The third-order valence-corrected chi connectivity index (χ3v) is 4.27. The van der Waals surface area contributed by atoms with Gasteiger partial charge in [-0.2, -0.15) is 0 Å². The molecule has 1 fully saturated rings. The van der Waals surface area contributed by atoms with Gasteiger partial charge in [0.1, 0.15) is 0 Å². The minimum absolute atomic E-state index is 0.0879. The zero-order valence-electron chi connectivity index (χ0n) is 10.1. The number of hydrogen-bond donors (Lipinski definition) is 0. The highest BCUT2D eigenvalue weighted by Crippen LogP contribution is 2.38. The van der Waals surface area contributed by atoms with Gasteiger partial charge in [0.25, 0.3) is 0 Å². The Balaban J connectivity index is 2.34. The third kappa shape index (κ3) is 3.66. The second-order valence-electron chi connectivity index (χ2n) is 4.39. The van der Waals surface area contributed by atoms with Gasteiger partial charge in [0.15, 0.2) is 5.75 Å². The summed E-state index contributed by atoms with van der Waals surface area (Å²) in [6.07, 6.45) is -4.49. The van der Waals surface area contributed by atoms with E-state index in [9.17, 15) is 18.0 Å². The normalized spacial score (nSPS) is 19.6. The van der Waals surface area contributed by atoms with Gasteiger partial charge in [0.2, 0.25) is 5.91 Å². The Morgan fingerprint density at radius 2 is 2.10 bits per heavy atom. The summed E-state index contributed by atoms with van der Waals surface area (Å²) in [6.45, 7) is 0.375. The maximum Gasteiger partial charge on any atom is 0.573 e. The van der Waals surface area contributed by atoms with Crippen molar-refractivity contribution in [3.05, 3.63) is 22.7 Å². The quantitative estimate of drug-likeness (QED) is 0.694. The average molecular weight is 417 g/mol. The van der Waals surface area contributed by atoms with Gasteiger partial charge >= 0.3 is 6.36 Å². The highest BCUT2D eigenvalue weighted by molar-refractivity contribution is 9.10. The van der Waals surface area contributed by atoms with Gasteiger partial charge in [0.05, 0.1) is 5.69 Å². The summed E-state index contributed by atoms with van der Waals surface area (Å²) in [4.78, 5) is 13.2. The molecule has 2 rings (SSSR count). The molecule has 1 saturated heterocycles. The van der Waals surface area contributed by atoms with E-state index in [1.54, 1.807) is 6.07 Å². The van der Waals surface area contributed by atoms with E-state index >= 15 is 0 Å². The van der Waals surface area contributed by atoms with Crippen LogP contribution in [0.25, 0.3) is 0 Å². The molecule has 0 aliphatic carbocycles. The predicted molar refractivity (Wildman–Crippen MR) is 75.1 cm³/mol. The molecule has 1 amide bonds. The standard InChI is InChI=1S/C12H10Br2F3NO2/c13-5-7-3-11(19)18(6-7)9-2-1-8(14)4-10(9)20-12(15,16)17/h1-2,4,7H,3,5-6H2. The number of rotatable bonds is 3. The number of amides is 1. The molecule has 1 aromatic rings. The molecule has 0 radical (unpaired) electrons. The van der Waals surface area contributed by atoms with Crippen LogP contribution >= 0.6 is 31.9 Å². The molecular formula is C12H10Br2F3NO2. The van der Waals surface area contributed by atoms with Crippen molar-refractivity contribution in [1.29, 1.82) is 0 Å². The molecule has 1 aliphatic heterocycles. The van der Waals surface area contributed by atoms with Crippen LogP contribution in [-0.2, 0) is 4.79 Å². The Kier molecular flexibility index (Phi) is 4.63. The maximum absolute atomic E-state index is 12.4. The van der Waals surface area contributed by atoms with E-state index in [2.05, 4.69) is 36.6 Å². The number of ether oxygens (including phenoxy) is 1. The summed E-state index contributed by atoms with van der Waals surface area (Å²) in [6, 6.07) is 4.23. The predicted octanol–water partition coefficient (Wildman–Crippen LogP) is 4.10. The molecule has 1 atom stereocenters. The molecule has 20 heavy (non-hydrogen) atoms. The summed E-state index contributed by atoms with van der Waals surface area (Å²) >= 11 is 6.38. The van der Waals surface area contributed by atoms with E-state index in [4.69, 9.17) is 0 Å². The largest absolute Gasteiger partial charge is 0.573 e. The van der Waals surface area contributed by atoms with Crippen molar-refractivity contribution in [3.63, 3.8) is 0 Å². The van der Waals surface area contributed by atoms with Gasteiger partial charge in [-0.3, -0.25) is 4.79 Å². The first-order chi connectivity index (χ1) is 9.30. The van der Waals surface area contributed by atoms with Crippen LogP contribution in [0.3, 0.4) is 0 Å². The molecule has 1 aliphatic rings. The number of benzene rings is 1. The SMILES string of the molecule is O=C1CC(CBr)CN1c1ccc(Br)cc1OC(F)(F)F. The van der Waals surface area contributed by atoms with E-state index in [1.807, 2.05) is 0 Å². The van der Waals surface area contributed by atoms with Gasteiger partial charge < -0.3 is 9.64 Å². The van der Waals surface area contributed by atoms with Crippen LogP contribution in [0.4, 0.5) is 18.9 Å². The fourth-order valence-electron chi connectivity index (χ4n) is 2.04. The summed E-state index contributed by atoms with van der Waals surface area (Å²) in [5, 5.41) is 0.626. The molecule has 1 heterocycles. The van der Waals surface area contributed by atoms with Crippen LogP contribution in [0.2, 0.25) is 0 Å². The number of halogens is 5. The molecular weight excluding hydrogens is 407 g/mol. The van der Waals surface area contributed by atoms with Gasteiger partial charge in [-0.15, -0.1) is 13.2 Å². The molecule has 0 spiro atoms. The molecule has 0 bridgehead atoms. The first-order valence-electron chi connectivity index (χ1n) is 5.72. The van der Waals surface area contributed by atoms with Gasteiger partial charge in [-0.1, -0.05) is 31.9 Å². The lowest BCUT2D eigenvalue weighted by Gasteiger charge is -2.21. The fraction of sp³-hybridized carbons (Fsp3) is 0.417. The Labute approximate surface area is 130 Å². The lowest BCUT2D eigenvalue weighted by molar-refractivity contribution is -0.274. The minimum Gasteiger partial charge on any atom is -0.404 e. The van der Waals surface area contributed by atoms with Crippen molar-refractivity contribution in [2.75, 3.05) is 16.8 Å². The van der Waals surface area contributed by atoms with Crippen LogP contribution in [0.5, 0.6) is 5.75 Å². The molecule has 110 valence electrons. The van der Waals surface area contributed by atoms with E-state index in [0.717, 1.165) is 0 Å². The zero-order valence-corrected chi connectivity index (χ0v) is 13.3. The van der Waals surface area contributed by atoms with Crippen LogP contribution in [-0.4, -0.2) is 24.1 Å². The van der Waals surface area contributed by atoms with Crippen molar-refractivity contribution in [2.24, 2.45) is 5.92 Å². The molecule has 3 nitrogen and oxygen atoms in total. The Morgan fingerprint density at radius 1 is 1.40 bits per heavy atom. The number of alkyl halides is 4. The van der Waals surface area contributed by atoms with Crippen molar-refractivity contribution < 1.29 is 22.7 Å². The van der Waals surface area contributed by atoms with Gasteiger partial charge in [-0.25, -0.2) is 0 Å². The van der Waals surface area contributed by atoms with Crippen LogP contribution in [0.15, 0.2) is 22.7 Å². The average Bonchev–Trinajstić information content (AvgIpc) is 2.69. The van der Waals surface area contributed by atoms with Crippen LogP contribution in [0.1, 0.15) is 6.42 Å². The summed E-state index contributed by atoms with van der Waals surface area (Å²) in [5.41, 5.74) is 0.138. The molecule has 1 unspecified atom stereocenters. The highest BCUT2D eigenvalue weighted by Gasteiger charge is 2.36. The monoisotopic (exact) mass is 415 g/mol. The lowest BCUT2D eigenvalue weighted by atomic mass is 10.2. The number of hydrogen-bond acceptors (Lipinski definition) is 2. The van der Waals surface area contributed by atoms with Crippen molar-refractivity contribution in [3.8, 4) is 5.75 Å². The maximum atomic E-state index is 12.4. The second kappa shape index (κ2) is 5.93. The van der Waals surface area contributed by atoms with Gasteiger partial charge in [0, 0.05) is 22.8 Å². The summed E-state index contributed by atoms with van der Waals surface area (Å²) in [5.74, 6) is -0.496. The minimum atomic E-state index is -4.80. The number of nitrogens with zero attached hydrogens (tertiary/aromatic N) is 1. The van der Waals surface area contributed by atoms with Crippen LogP contribution in [0, 0.1) is 5.92 Å². The number of carbonyl (C=O) groups excluding carboxylic acids is 1. The smallest absolute Gasteiger partial charge is 0.404 e. The van der Waals surface area contributed by atoms with E-state index < -0.39 is 6.36 Å². The summed E-state index contributed by atoms with van der Waals surface area (Å²) in [7, 11) is 0. The zero-order chi connectivity index (χ0) is 14.9. The highest BCUT2D eigenvalue weighted by atomic mass is 79.9. The molecule has 8 heteroatoms. The van der Waals surface area contributed by atoms with E-state index in [-0.39, 0.29) is 23.3 Å². The molecule has 0 saturated carbocycles. The lowest BCUT2D eigenvalue weighted by Crippen LogP contribution is -2.27. The fourth-order valence-corrected chi connectivity index (χ4v) is 2.81.